The minimum atomic E-state index is -2.81. The number of fused-ring (bicyclic) bond motifs is 1. The molecule has 2 N–H and O–H groups in total. The first-order valence-corrected chi connectivity index (χ1v) is 16.1. The molecule has 1 aliphatic carbocycles. The molecule has 3 fully saturated rings. The highest BCUT2D eigenvalue weighted by molar-refractivity contribution is 6.04. The number of imidazole rings is 1. The maximum atomic E-state index is 13.9. The second kappa shape index (κ2) is 12.8. The molecule has 1 aromatic carbocycles. The lowest BCUT2D eigenvalue weighted by molar-refractivity contribution is -0.170. The number of hydrogen-bond donors (Lipinski definition) is 2. The number of amides is 2. The van der Waals surface area contributed by atoms with Crippen LogP contribution < -0.4 is 10.1 Å². The number of rotatable bonds is 9. The number of carbonyl (C=O) groups is 2. The van der Waals surface area contributed by atoms with Crippen LogP contribution in [0.15, 0.2) is 36.5 Å². The van der Waals surface area contributed by atoms with E-state index in [1.165, 1.54) is 23.1 Å². The van der Waals surface area contributed by atoms with Gasteiger partial charge in [0, 0.05) is 30.1 Å². The lowest BCUT2D eigenvalue weighted by Crippen LogP contribution is -2.59. The molecule has 0 bridgehead atoms. The van der Waals surface area contributed by atoms with Gasteiger partial charge < -0.3 is 19.3 Å². The monoisotopic (exact) mass is 642 g/mol. The molecule has 10 nitrogen and oxygen atoms in total. The second-order valence-corrected chi connectivity index (χ2v) is 13.5. The Bertz CT molecular complexity index is 1570. The number of ether oxygens (including phenoxy) is 1. The number of aliphatic hydroxyl groups is 1. The van der Waals surface area contributed by atoms with Gasteiger partial charge in [-0.25, -0.2) is 23.1 Å². The summed E-state index contributed by atoms with van der Waals surface area (Å²) in [6.45, 7) is 5.59. The van der Waals surface area contributed by atoms with Crippen LogP contribution in [0.1, 0.15) is 68.8 Å². The third-order valence-electron chi connectivity index (χ3n) is 9.67. The summed E-state index contributed by atoms with van der Waals surface area (Å²) in [5.74, 6) is -3.46. The number of likely N-dealkylation sites (tertiary alicyclic amines) is 2. The van der Waals surface area contributed by atoms with Gasteiger partial charge in [0.1, 0.15) is 17.9 Å². The minimum absolute atomic E-state index is 0.137. The van der Waals surface area contributed by atoms with E-state index in [9.17, 15) is 27.9 Å². The van der Waals surface area contributed by atoms with E-state index in [2.05, 4.69) is 20.2 Å². The molecule has 3 aliphatic rings. The van der Waals surface area contributed by atoms with Gasteiger partial charge in [-0.2, -0.15) is 0 Å². The summed E-state index contributed by atoms with van der Waals surface area (Å²) in [5, 5.41) is 13.2. The second-order valence-electron chi connectivity index (χ2n) is 13.5. The van der Waals surface area contributed by atoms with E-state index in [1.54, 1.807) is 12.3 Å². The van der Waals surface area contributed by atoms with E-state index in [-0.39, 0.29) is 35.3 Å². The molecule has 13 heteroatoms. The molecule has 2 aliphatic heterocycles. The molecule has 46 heavy (non-hydrogen) atoms. The third-order valence-corrected chi connectivity index (χ3v) is 9.67. The summed E-state index contributed by atoms with van der Waals surface area (Å²) < 4.78 is 48.6. The van der Waals surface area contributed by atoms with Gasteiger partial charge in [-0.3, -0.25) is 19.8 Å². The summed E-state index contributed by atoms with van der Waals surface area (Å²) in [6.07, 6.45) is 5.63. The van der Waals surface area contributed by atoms with Crippen molar-refractivity contribution in [2.45, 2.75) is 69.9 Å². The van der Waals surface area contributed by atoms with Gasteiger partial charge in [0.05, 0.1) is 30.4 Å². The van der Waals surface area contributed by atoms with E-state index in [0.717, 1.165) is 32.0 Å². The molecule has 6 rings (SSSR count). The maximum Gasteiger partial charge on any atom is 0.282 e. The van der Waals surface area contributed by atoms with Crippen LogP contribution in [-0.4, -0.2) is 92.1 Å². The van der Waals surface area contributed by atoms with Crippen LogP contribution in [0.5, 0.6) is 5.88 Å². The Kier molecular flexibility index (Phi) is 8.99. The van der Waals surface area contributed by atoms with E-state index in [4.69, 9.17) is 4.74 Å². The first-order valence-electron chi connectivity index (χ1n) is 16.1. The van der Waals surface area contributed by atoms with Crippen molar-refractivity contribution in [3.05, 3.63) is 47.9 Å². The predicted octanol–water partition coefficient (Wildman–Crippen LogP) is 4.89. The van der Waals surface area contributed by atoms with Gasteiger partial charge >= 0.3 is 0 Å². The lowest BCUT2D eigenvalue weighted by Gasteiger charge is -2.41. The molecular weight excluding hydrogens is 601 g/mol. The van der Waals surface area contributed by atoms with Gasteiger partial charge in [-0.05, 0) is 89.6 Å². The Labute approximate surface area is 265 Å². The highest BCUT2D eigenvalue weighted by Gasteiger charge is 2.48. The molecule has 0 radical (unpaired) electrons. The highest BCUT2D eigenvalue weighted by Crippen LogP contribution is 2.39. The van der Waals surface area contributed by atoms with Crippen molar-refractivity contribution in [1.29, 1.82) is 0 Å². The topological polar surface area (TPSA) is 113 Å². The summed E-state index contributed by atoms with van der Waals surface area (Å²) in [5.41, 5.74) is 0.703. The number of piperidine rings is 1. The molecule has 248 valence electrons. The number of benzene rings is 1. The molecule has 1 saturated carbocycles. The van der Waals surface area contributed by atoms with Crippen molar-refractivity contribution in [3.8, 4) is 5.88 Å². The first-order chi connectivity index (χ1) is 21.9. The number of halogens is 3. The SMILES string of the molecule is CC(C)(O)C1CCN(CCOc2cc3c(cn2)nc(NC(=O)c2cccc(F)c2)n3C2CCC(C(=O)N3CC(F)(F)C3)CC2)CC1. The molecular formula is C33H41F3N6O4. The van der Waals surface area contributed by atoms with Crippen LogP contribution in [0.25, 0.3) is 11.0 Å². The zero-order valence-electron chi connectivity index (χ0n) is 26.2. The van der Waals surface area contributed by atoms with Crippen molar-refractivity contribution >= 4 is 28.8 Å². The van der Waals surface area contributed by atoms with Crippen LogP contribution >= 0.6 is 0 Å². The van der Waals surface area contributed by atoms with Crippen LogP contribution in [0.4, 0.5) is 19.1 Å². The summed E-state index contributed by atoms with van der Waals surface area (Å²) in [7, 11) is 0. The van der Waals surface area contributed by atoms with E-state index in [1.807, 2.05) is 18.4 Å². The van der Waals surface area contributed by atoms with Gasteiger partial charge in [-0.1, -0.05) is 6.07 Å². The number of anilines is 1. The van der Waals surface area contributed by atoms with Gasteiger partial charge in [0.25, 0.3) is 11.8 Å². The quantitative estimate of drug-likeness (QED) is 0.342. The van der Waals surface area contributed by atoms with E-state index < -0.39 is 36.3 Å². The average molecular weight is 643 g/mol. The zero-order chi connectivity index (χ0) is 32.6. The number of alkyl halides is 2. The van der Waals surface area contributed by atoms with Crippen molar-refractivity contribution in [1.82, 2.24) is 24.3 Å². The third kappa shape index (κ3) is 7.15. The molecule has 0 spiro atoms. The number of hydrogen-bond acceptors (Lipinski definition) is 7. The maximum absolute atomic E-state index is 13.9. The number of nitrogens with zero attached hydrogens (tertiary/aromatic N) is 5. The Morgan fingerprint density at radius 3 is 2.46 bits per heavy atom. The smallest absolute Gasteiger partial charge is 0.282 e. The number of carbonyl (C=O) groups excluding carboxylic acids is 2. The van der Waals surface area contributed by atoms with Crippen LogP contribution in [0.3, 0.4) is 0 Å². The Morgan fingerprint density at radius 1 is 1.09 bits per heavy atom. The molecule has 2 amide bonds. The number of pyridine rings is 1. The summed E-state index contributed by atoms with van der Waals surface area (Å²) in [6, 6.07) is 7.05. The standard InChI is InChI=1S/C33H41F3N6O4/c1-32(2,45)23-10-12-40(13-11-23)14-15-46-28-17-27-26(18-37-28)38-31(39-29(43)22-4-3-5-24(34)16-22)42(27)25-8-6-21(7-9-25)30(44)41-19-33(35,36)20-41/h3-5,16-18,21,23,25,45H,6-15,19-20H2,1-2H3,(H,38,39,43). The number of aromatic nitrogens is 3. The molecule has 2 aromatic heterocycles. The zero-order valence-corrected chi connectivity index (χ0v) is 26.2. The van der Waals surface area contributed by atoms with Crippen LogP contribution in [-0.2, 0) is 4.79 Å². The summed E-state index contributed by atoms with van der Waals surface area (Å²) >= 11 is 0. The Balaban J connectivity index is 1.17. The van der Waals surface area contributed by atoms with Crippen LogP contribution in [0.2, 0.25) is 0 Å². The van der Waals surface area contributed by atoms with E-state index in [0.29, 0.717) is 55.7 Å². The fourth-order valence-corrected chi connectivity index (χ4v) is 6.97. The lowest BCUT2D eigenvalue weighted by atomic mass is 9.83. The minimum Gasteiger partial charge on any atom is -0.476 e. The Morgan fingerprint density at radius 2 is 1.80 bits per heavy atom. The fourth-order valence-electron chi connectivity index (χ4n) is 6.97. The highest BCUT2D eigenvalue weighted by atomic mass is 19.3. The molecule has 3 aromatic rings. The van der Waals surface area contributed by atoms with Gasteiger partial charge in [0.15, 0.2) is 0 Å². The normalized spacial score (nSPS) is 22.4. The number of nitrogens with one attached hydrogen (secondary N) is 1. The molecule has 2 saturated heterocycles. The van der Waals surface area contributed by atoms with Crippen molar-refractivity contribution < 1.29 is 32.6 Å². The summed E-state index contributed by atoms with van der Waals surface area (Å²) in [4.78, 5) is 38.6. The van der Waals surface area contributed by atoms with Crippen LogP contribution in [0, 0.1) is 17.7 Å². The van der Waals surface area contributed by atoms with Crippen molar-refractivity contribution in [3.63, 3.8) is 0 Å². The largest absolute Gasteiger partial charge is 0.476 e. The molecule has 4 heterocycles. The fraction of sp³-hybridized carbons (Fsp3) is 0.576. The Hall–Kier alpha value is -3.71. The van der Waals surface area contributed by atoms with Crippen molar-refractivity contribution in [2.75, 3.05) is 44.6 Å². The molecule has 0 unspecified atom stereocenters. The average Bonchev–Trinajstić information content (AvgIpc) is 3.36. The first kappa shape index (κ1) is 32.2. The molecule has 0 atom stereocenters. The van der Waals surface area contributed by atoms with Gasteiger partial charge in [0.2, 0.25) is 17.7 Å². The van der Waals surface area contributed by atoms with E-state index >= 15 is 0 Å². The predicted molar refractivity (Wildman–Crippen MR) is 165 cm³/mol. The van der Waals surface area contributed by atoms with Gasteiger partial charge in [-0.15, -0.1) is 0 Å². The van der Waals surface area contributed by atoms with Crippen molar-refractivity contribution in [2.24, 2.45) is 11.8 Å².